The number of hydrogen-bond donors (Lipinski definition) is 1. The smallest absolute Gasteiger partial charge is 0.337 e. The van der Waals surface area contributed by atoms with Crippen molar-refractivity contribution in [3.05, 3.63) is 80.2 Å². The summed E-state index contributed by atoms with van der Waals surface area (Å²) in [6.45, 7) is -0.0569. The van der Waals surface area contributed by atoms with Gasteiger partial charge in [-0.3, -0.25) is 4.79 Å². The van der Waals surface area contributed by atoms with E-state index in [9.17, 15) is 14.4 Å². The first kappa shape index (κ1) is 24.4. The van der Waals surface area contributed by atoms with Crippen LogP contribution in [0.25, 0.3) is 0 Å². The molecule has 11 heteroatoms. The van der Waals surface area contributed by atoms with Crippen molar-refractivity contribution in [3.8, 4) is 5.75 Å². The fourth-order valence-corrected chi connectivity index (χ4v) is 3.68. The Morgan fingerprint density at radius 2 is 1.45 bits per heavy atom. The van der Waals surface area contributed by atoms with Gasteiger partial charge in [0.2, 0.25) is 0 Å². The van der Waals surface area contributed by atoms with Crippen molar-refractivity contribution in [2.24, 2.45) is 0 Å². The van der Waals surface area contributed by atoms with E-state index in [1.54, 1.807) is 0 Å². The number of furan rings is 1. The lowest BCUT2D eigenvalue weighted by Gasteiger charge is -2.09. The third-order valence-electron chi connectivity index (χ3n) is 4.24. The third kappa shape index (κ3) is 5.98. The van der Waals surface area contributed by atoms with Crippen molar-refractivity contribution < 1.29 is 33.0 Å². The lowest BCUT2D eigenvalue weighted by Crippen LogP contribution is -2.13. The zero-order chi connectivity index (χ0) is 24.1. The number of amides is 1. The molecule has 2 aromatic carbocycles. The number of anilines is 1. The van der Waals surface area contributed by atoms with E-state index in [1.165, 1.54) is 56.7 Å². The van der Waals surface area contributed by atoms with Crippen LogP contribution >= 0.6 is 34.8 Å². The van der Waals surface area contributed by atoms with Crippen LogP contribution in [0.2, 0.25) is 15.1 Å². The highest BCUT2D eigenvalue weighted by Gasteiger charge is 2.18. The summed E-state index contributed by atoms with van der Waals surface area (Å²) in [5.41, 5.74) is 0.277. The molecule has 8 nitrogen and oxygen atoms in total. The van der Waals surface area contributed by atoms with Gasteiger partial charge in [-0.1, -0.05) is 34.8 Å². The Labute approximate surface area is 203 Å². The average Bonchev–Trinajstić information content (AvgIpc) is 3.26. The first-order valence-corrected chi connectivity index (χ1v) is 10.3. The molecule has 0 radical (unpaired) electrons. The lowest BCUT2D eigenvalue weighted by atomic mass is 10.1. The van der Waals surface area contributed by atoms with Gasteiger partial charge in [0.15, 0.2) is 11.5 Å². The monoisotopic (exact) mass is 511 g/mol. The van der Waals surface area contributed by atoms with Crippen LogP contribution in [0.5, 0.6) is 5.75 Å². The highest BCUT2D eigenvalue weighted by atomic mass is 35.5. The molecule has 3 rings (SSSR count). The minimum Gasteiger partial charge on any atom is -0.483 e. The van der Waals surface area contributed by atoms with Gasteiger partial charge < -0.3 is 23.9 Å². The second-order valence-corrected chi connectivity index (χ2v) is 7.74. The first-order chi connectivity index (χ1) is 15.7. The minimum absolute atomic E-state index is 0.0370. The number of benzene rings is 2. The average molecular weight is 513 g/mol. The molecule has 0 saturated carbocycles. The van der Waals surface area contributed by atoms with Gasteiger partial charge in [-0.2, -0.15) is 0 Å². The number of nitrogens with one attached hydrogen (secondary N) is 1. The number of hydrogen-bond acceptors (Lipinski definition) is 7. The molecule has 0 saturated heterocycles. The van der Waals surface area contributed by atoms with E-state index in [4.69, 9.17) is 44.0 Å². The molecule has 1 amide bonds. The maximum Gasteiger partial charge on any atom is 0.337 e. The third-order valence-corrected chi connectivity index (χ3v) is 5.02. The Bertz CT molecular complexity index is 1170. The van der Waals surface area contributed by atoms with Crippen LogP contribution in [-0.4, -0.2) is 32.1 Å². The van der Waals surface area contributed by atoms with E-state index < -0.39 is 17.8 Å². The van der Waals surface area contributed by atoms with Crippen LogP contribution in [0.3, 0.4) is 0 Å². The molecule has 0 unspecified atom stereocenters. The topological polar surface area (TPSA) is 104 Å². The summed E-state index contributed by atoms with van der Waals surface area (Å²) < 4.78 is 20.4. The van der Waals surface area contributed by atoms with E-state index in [0.717, 1.165) is 0 Å². The number of carbonyl (C=O) groups excluding carboxylic acids is 3. The van der Waals surface area contributed by atoms with Crippen LogP contribution < -0.4 is 10.1 Å². The lowest BCUT2D eigenvalue weighted by molar-refractivity contribution is 0.0599. The van der Waals surface area contributed by atoms with E-state index in [-0.39, 0.29) is 45.0 Å². The van der Waals surface area contributed by atoms with Crippen LogP contribution in [0, 0.1) is 0 Å². The van der Waals surface area contributed by atoms with Gasteiger partial charge in [-0.15, -0.1) is 0 Å². The highest BCUT2D eigenvalue weighted by molar-refractivity contribution is 6.40. The van der Waals surface area contributed by atoms with Gasteiger partial charge in [0, 0.05) is 10.7 Å². The van der Waals surface area contributed by atoms with Gasteiger partial charge >= 0.3 is 11.9 Å². The molecule has 0 aliphatic carbocycles. The van der Waals surface area contributed by atoms with Crippen LogP contribution in [0.15, 0.2) is 46.9 Å². The largest absolute Gasteiger partial charge is 0.483 e. The SMILES string of the molecule is COC(=O)c1cc(NC(=O)c2ccc(COc3c(Cl)cc(Cl)cc3Cl)o2)cc(C(=O)OC)c1. The van der Waals surface area contributed by atoms with Crippen LogP contribution in [-0.2, 0) is 16.1 Å². The number of halogens is 3. The zero-order valence-electron chi connectivity index (χ0n) is 17.2. The van der Waals surface area contributed by atoms with Gasteiger partial charge in [0.1, 0.15) is 12.4 Å². The molecule has 0 atom stereocenters. The second-order valence-electron chi connectivity index (χ2n) is 6.49. The Kier molecular flexibility index (Phi) is 7.86. The Hall–Kier alpha value is -3.20. The normalized spacial score (nSPS) is 10.5. The molecule has 0 bridgehead atoms. The molecule has 0 aliphatic heterocycles. The number of esters is 2. The maximum absolute atomic E-state index is 12.6. The van der Waals surface area contributed by atoms with E-state index >= 15 is 0 Å². The molecular formula is C22H16Cl3NO7. The summed E-state index contributed by atoms with van der Waals surface area (Å²) in [6, 6.07) is 9.94. The number of methoxy groups -OCH3 is 2. The number of carbonyl (C=O) groups is 3. The summed E-state index contributed by atoms with van der Waals surface area (Å²) in [7, 11) is 2.39. The molecule has 1 heterocycles. The van der Waals surface area contributed by atoms with Crippen molar-refractivity contribution >= 4 is 58.3 Å². The van der Waals surface area contributed by atoms with Crippen LogP contribution in [0.1, 0.15) is 37.0 Å². The summed E-state index contributed by atoms with van der Waals surface area (Å²) in [4.78, 5) is 36.4. The first-order valence-electron chi connectivity index (χ1n) is 9.21. The Morgan fingerprint density at radius 3 is 2.00 bits per heavy atom. The molecule has 0 fully saturated rings. The van der Waals surface area contributed by atoms with Crippen molar-refractivity contribution in [2.45, 2.75) is 6.61 Å². The molecule has 33 heavy (non-hydrogen) atoms. The molecule has 0 spiro atoms. The van der Waals surface area contributed by atoms with Gasteiger partial charge in [0.25, 0.3) is 5.91 Å². The summed E-state index contributed by atoms with van der Waals surface area (Å²) in [6.07, 6.45) is 0. The predicted octanol–water partition coefficient (Wildman–Crippen LogP) is 5.64. The number of rotatable bonds is 7. The highest BCUT2D eigenvalue weighted by Crippen LogP contribution is 2.36. The zero-order valence-corrected chi connectivity index (χ0v) is 19.5. The van der Waals surface area contributed by atoms with Gasteiger partial charge in [-0.25, -0.2) is 9.59 Å². The van der Waals surface area contributed by atoms with Crippen molar-refractivity contribution in [2.75, 3.05) is 19.5 Å². The molecule has 3 aromatic rings. The summed E-state index contributed by atoms with van der Waals surface area (Å²) in [5, 5.41) is 3.38. The van der Waals surface area contributed by atoms with Gasteiger partial charge in [0.05, 0.1) is 35.4 Å². The van der Waals surface area contributed by atoms with Crippen molar-refractivity contribution in [1.82, 2.24) is 0 Å². The van der Waals surface area contributed by atoms with Crippen LogP contribution in [0.4, 0.5) is 5.69 Å². The fraction of sp³-hybridized carbons (Fsp3) is 0.136. The quantitative estimate of drug-likeness (QED) is 0.408. The summed E-state index contributed by atoms with van der Waals surface area (Å²) >= 11 is 18.0. The van der Waals surface area contributed by atoms with Gasteiger partial charge in [-0.05, 0) is 42.5 Å². The van der Waals surface area contributed by atoms with E-state index in [2.05, 4.69) is 14.8 Å². The predicted molar refractivity (Wildman–Crippen MR) is 122 cm³/mol. The standard InChI is InChI=1S/C22H16Cl3NO7/c1-30-21(28)11-5-12(22(29)31-2)7-14(6-11)26-20(27)18-4-3-15(33-18)10-32-19-16(24)8-13(23)9-17(19)25/h3-9H,10H2,1-2H3,(H,26,27). The van der Waals surface area contributed by atoms with Crippen molar-refractivity contribution in [3.63, 3.8) is 0 Å². The molecule has 1 N–H and O–H groups in total. The van der Waals surface area contributed by atoms with Crippen molar-refractivity contribution in [1.29, 1.82) is 0 Å². The minimum atomic E-state index is -0.687. The van der Waals surface area contributed by atoms with E-state index in [1.807, 2.05) is 0 Å². The van der Waals surface area contributed by atoms with E-state index in [0.29, 0.717) is 10.8 Å². The second kappa shape index (κ2) is 10.6. The molecule has 1 aromatic heterocycles. The Balaban J connectivity index is 1.74. The fourth-order valence-electron chi connectivity index (χ4n) is 2.75. The molecule has 0 aliphatic rings. The summed E-state index contributed by atoms with van der Waals surface area (Å²) in [5.74, 6) is -1.49. The Morgan fingerprint density at radius 1 is 0.879 bits per heavy atom. The maximum atomic E-state index is 12.6. The molecular weight excluding hydrogens is 497 g/mol. The molecule has 172 valence electrons. The number of ether oxygens (including phenoxy) is 3.